The van der Waals surface area contributed by atoms with Gasteiger partial charge in [0.15, 0.2) is 6.10 Å². The number of rotatable bonds is 6. The minimum absolute atomic E-state index is 0.0165. The summed E-state index contributed by atoms with van der Waals surface area (Å²) < 4.78 is 0. The molecular formula is C10H18N2O4. The molecule has 0 aromatic carbocycles. The lowest BCUT2D eigenvalue weighted by Crippen LogP contribution is -2.38. The van der Waals surface area contributed by atoms with Gasteiger partial charge in [0, 0.05) is 19.5 Å². The topological polar surface area (TPSA) is 98.7 Å². The van der Waals surface area contributed by atoms with Crippen LogP contribution in [0.25, 0.3) is 0 Å². The summed E-state index contributed by atoms with van der Waals surface area (Å²) in [7, 11) is 0. The molecule has 6 heteroatoms. The van der Waals surface area contributed by atoms with Gasteiger partial charge in [-0.1, -0.05) is 6.92 Å². The predicted octanol–water partition coefficient (Wildman–Crippen LogP) is -0.223. The fraction of sp³-hybridized carbons (Fsp3) is 0.800. The first-order chi connectivity index (χ1) is 7.50. The van der Waals surface area contributed by atoms with Gasteiger partial charge in [-0.05, 0) is 18.3 Å². The highest BCUT2D eigenvalue weighted by Gasteiger charge is 2.32. The minimum atomic E-state index is -1.41. The summed E-state index contributed by atoms with van der Waals surface area (Å²) in [6.45, 7) is 2.95. The van der Waals surface area contributed by atoms with Gasteiger partial charge >= 0.3 is 12.0 Å². The van der Waals surface area contributed by atoms with Crippen molar-refractivity contribution in [3.8, 4) is 0 Å². The van der Waals surface area contributed by atoms with Crippen LogP contribution in [-0.2, 0) is 4.79 Å². The van der Waals surface area contributed by atoms with Crippen LogP contribution in [0.3, 0.4) is 0 Å². The zero-order valence-corrected chi connectivity index (χ0v) is 9.27. The maximum atomic E-state index is 11.2. The van der Waals surface area contributed by atoms with E-state index < -0.39 is 12.1 Å². The lowest BCUT2D eigenvalue weighted by atomic mass is 10.2. The molecule has 1 aliphatic rings. The number of carbonyl (C=O) groups is 2. The van der Waals surface area contributed by atoms with Crippen LogP contribution in [0.2, 0.25) is 0 Å². The van der Waals surface area contributed by atoms with E-state index in [1.165, 1.54) is 0 Å². The van der Waals surface area contributed by atoms with Gasteiger partial charge in [0.25, 0.3) is 0 Å². The molecule has 3 atom stereocenters. The van der Waals surface area contributed by atoms with E-state index >= 15 is 0 Å². The molecule has 16 heavy (non-hydrogen) atoms. The largest absolute Gasteiger partial charge is 0.479 e. The van der Waals surface area contributed by atoms with Crippen LogP contribution < -0.4 is 10.6 Å². The zero-order chi connectivity index (χ0) is 12.1. The van der Waals surface area contributed by atoms with Crippen LogP contribution in [0.4, 0.5) is 4.79 Å². The Morgan fingerprint density at radius 1 is 1.44 bits per heavy atom. The normalized spacial score (nSPS) is 24.6. The number of carboxylic acid groups (broad SMARTS) is 1. The number of hydrogen-bond donors (Lipinski definition) is 4. The van der Waals surface area contributed by atoms with Gasteiger partial charge < -0.3 is 20.8 Å². The van der Waals surface area contributed by atoms with E-state index in [2.05, 4.69) is 17.6 Å². The third kappa shape index (κ3) is 4.48. The molecule has 1 rings (SSSR count). The number of aliphatic hydroxyl groups excluding tert-OH is 1. The fourth-order valence-electron chi connectivity index (χ4n) is 1.42. The Kier molecular flexibility index (Phi) is 4.54. The summed E-state index contributed by atoms with van der Waals surface area (Å²) in [6.07, 6.45) is -0.246. The smallest absolute Gasteiger partial charge is 0.332 e. The van der Waals surface area contributed by atoms with Crippen LogP contribution in [0.1, 0.15) is 19.8 Å². The second-order valence-electron chi connectivity index (χ2n) is 4.25. The van der Waals surface area contributed by atoms with Crippen molar-refractivity contribution in [3.05, 3.63) is 0 Å². The lowest BCUT2D eigenvalue weighted by molar-refractivity contribution is -0.146. The van der Waals surface area contributed by atoms with Crippen LogP contribution >= 0.6 is 0 Å². The number of nitrogens with one attached hydrogen (secondary N) is 2. The molecule has 0 aromatic heterocycles. The highest BCUT2D eigenvalue weighted by molar-refractivity contribution is 5.74. The molecule has 0 spiro atoms. The Labute approximate surface area is 94.0 Å². The van der Waals surface area contributed by atoms with E-state index in [0.717, 1.165) is 6.42 Å². The SMILES string of the molecule is CC1CC1CNC(=O)NCCC(O)C(=O)O. The maximum Gasteiger partial charge on any atom is 0.332 e. The van der Waals surface area contributed by atoms with E-state index in [1.807, 2.05) is 0 Å². The average molecular weight is 230 g/mol. The zero-order valence-electron chi connectivity index (χ0n) is 9.27. The van der Waals surface area contributed by atoms with Crippen molar-refractivity contribution in [2.75, 3.05) is 13.1 Å². The molecule has 2 amide bonds. The van der Waals surface area contributed by atoms with Gasteiger partial charge in [0.2, 0.25) is 0 Å². The van der Waals surface area contributed by atoms with Crippen molar-refractivity contribution in [1.82, 2.24) is 10.6 Å². The molecule has 4 N–H and O–H groups in total. The Balaban J connectivity index is 1.99. The molecule has 6 nitrogen and oxygen atoms in total. The molecule has 0 bridgehead atoms. The lowest BCUT2D eigenvalue weighted by Gasteiger charge is -2.08. The number of carboxylic acids is 1. The molecule has 0 radical (unpaired) electrons. The monoisotopic (exact) mass is 230 g/mol. The molecular weight excluding hydrogens is 212 g/mol. The summed E-state index contributed by atoms with van der Waals surface area (Å²) in [5.74, 6) is -0.00138. The van der Waals surface area contributed by atoms with Crippen molar-refractivity contribution in [1.29, 1.82) is 0 Å². The third-order valence-corrected chi connectivity index (χ3v) is 2.79. The van der Waals surface area contributed by atoms with E-state index in [1.54, 1.807) is 0 Å². The van der Waals surface area contributed by atoms with Crippen LogP contribution in [0, 0.1) is 11.8 Å². The summed E-state index contributed by atoms with van der Waals surface area (Å²) in [5, 5.41) is 22.5. The molecule has 92 valence electrons. The van der Waals surface area contributed by atoms with E-state index in [0.29, 0.717) is 18.4 Å². The van der Waals surface area contributed by atoms with Crippen molar-refractivity contribution in [2.24, 2.45) is 11.8 Å². The van der Waals surface area contributed by atoms with Crippen molar-refractivity contribution < 1.29 is 19.8 Å². The Morgan fingerprint density at radius 2 is 2.06 bits per heavy atom. The van der Waals surface area contributed by atoms with Crippen molar-refractivity contribution in [2.45, 2.75) is 25.9 Å². The number of aliphatic carboxylic acids is 1. The summed E-state index contributed by atoms with van der Waals surface area (Å²) in [5.41, 5.74) is 0. The molecule has 0 heterocycles. The molecule has 1 saturated carbocycles. The van der Waals surface area contributed by atoms with Crippen LogP contribution in [0.5, 0.6) is 0 Å². The molecule has 1 aliphatic carbocycles. The third-order valence-electron chi connectivity index (χ3n) is 2.79. The summed E-state index contributed by atoms with van der Waals surface area (Å²) in [6, 6.07) is -0.309. The quantitative estimate of drug-likeness (QED) is 0.507. The van der Waals surface area contributed by atoms with Crippen molar-refractivity contribution >= 4 is 12.0 Å². The predicted molar refractivity (Wildman–Crippen MR) is 56.9 cm³/mol. The van der Waals surface area contributed by atoms with Gasteiger partial charge in [-0.2, -0.15) is 0 Å². The van der Waals surface area contributed by atoms with Gasteiger partial charge in [-0.15, -0.1) is 0 Å². The summed E-state index contributed by atoms with van der Waals surface area (Å²) in [4.78, 5) is 21.4. The van der Waals surface area contributed by atoms with E-state index in [-0.39, 0.29) is 19.0 Å². The standard InChI is InChI=1S/C10H18N2O4/c1-6-4-7(6)5-12-10(16)11-3-2-8(13)9(14)15/h6-8,13H,2-5H2,1H3,(H,14,15)(H2,11,12,16). The first kappa shape index (κ1) is 12.8. The van der Waals surface area contributed by atoms with Gasteiger partial charge in [0.05, 0.1) is 0 Å². The minimum Gasteiger partial charge on any atom is -0.479 e. The molecule has 0 aliphatic heterocycles. The van der Waals surface area contributed by atoms with Gasteiger partial charge in [-0.25, -0.2) is 9.59 Å². The Bertz CT molecular complexity index is 270. The molecule has 0 saturated heterocycles. The highest BCUT2D eigenvalue weighted by Crippen LogP contribution is 2.36. The average Bonchev–Trinajstić information content (AvgIpc) is 2.91. The second-order valence-corrected chi connectivity index (χ2v) is 4.25. The van der Waals surface area contributed by atoms with E-state index in [9.17, 15) is 9.59 Å². The number of urea groups is 1. The fourth-order valence-corrected chi connectivity index (χ4v) is 1.42. The first-order valence-electron chi connectivity index (χ1n) is 5.43. The van der Waals surface area contributed by atoms with Gasteiger partial charge in [-0.3, -0.25) is 0 Å². The molecule has 3 unspecified atom stereocenters. The number of hydrogen-bond acceptors (Lipinski definition) is 3. The van der Waals surface area contributed by atoms with Gasteiger partial charge in [0.1, 0.15) is 0 Å². The number of carbonyl (C=O) groups excluding carboxylic acids is 1. The van der Waals surface area contributed by atoms with Crippen molar-refractivity contribution in [3.63, 3.8) is 0 Å². The number of aliphatic hydroxyl groups is 1. The Hall–Kier alpha value is -1.30. The first-order valence-corrected chi connectivity index (χ1v) is 5.43. The van der Waals surface area contributed by atoms with E-state index in [4.69, 9.17) is 10.2 Å². The Morgan fingerprint density at radius 3 is 2.56 bits per heavy atom. The van der Waals surface area contributed by atoms with Crippen LogP contribution in [0.15, 0.2) is 0 Å². The number of amides is 2. The highest BCUT2D eigenvalue weighted by atomic mass is 16.4. The van der Waals surface area contributed by atoms with Crippen LogP contribution in [-0.4, -0.2) is 41.4 Å². The molecule has 1 fully saturated rings. The maximum absolute atomic E-state index is 11.2. The summed E-state index contributed by atoms with van der Waals surface area (Å²) >= 11 is 0. The molecule has 0 aromatic rings. The second kappa shape index (κ2) is 5.69.